The molecule has 1 saturated heterocycles. The van der Waals surface area contributed by atoms with Gasteiger partial charge in [0.05, 0.1) is 6.10 Å². The normalized spacial score (nSPS) is 20.0. The first-order valence-electron chi connectivity index (χ1n) is 11.5. The largest absolute Gasteiger partial charge is 0.386 e. The molecule has 9 heteroatoms. The molecule has 0 radical (unpaired) electrons. The highest BCUT2D eigenvalue weighted by molar-refractivity contribution is 6.45. The van der Waals surface area contributed by atoms with Gasteiger partial charge < -0.3 is 23.9 Å². The molecule has 1 aromatic heterocycles. The van der Waals surface area contributed by atoms with Crippen LogP contribution in [0.1, 0.15) is 64.3 Å². The Hall–Kier alpha value is -2.10. The third kappa shape index (κ3) is 7.95. The molecule has 2 heterocycles. The number of halogens is 3. The maximum absolute atomic E-state index is 13.4. The van der Waals surface area contributed by atoms with E-state index in [2.05, 4.69) is 18.5 Å². The molecule has 0 bridgehead atoms. The number of aliphatic imine (C=N–C) groups is 1. The Morgan fingerprint density at radius 3 is 2.54 bits per heavy atom. The van der Waals surface area contributed by atoms with Crippen molar-refractivity contribution < 1.29 is 28.1 Å². The molecule has 3 rings (SSSR count). The van der Waals surface area contributed by atoms with Crippen LogP contribution in [0, 0.1) is 11.6 Å². The summed E-state index contributed by atoms with van der Waals surface area (Å²) in [7, 11) is 3.23. The van der Waals surface area contributed by atoms with E-state index in [1.807, 2.05) is 30.7 Å². The van der Waals surface area contributed by atoms with Crippen molar-refractivity contribution in [2.75, 3.05) is 14.2 Å². The summed E-state index contributed by atoms with van der Waals surface area (Å²) in [6, 6.07) is 5.20. The summed E-state index contributed by atoms with van der Waals surface area (Å²) in [5.41, 5.74) is 0.286. The minimum atomic E-state index is -1.04. The third-order valence-electron chi connectivity index (χ3n) is 5.83. The molecule has 6 nitrogen and oxygen atoms in total. The highest BCUT2D eigenvalue weighted by atomic mass is 35.5. The first-order valence-corrected chi connectivity index (χ1v) is 11.9. The number of benzene rings is 1. The van der Waals surface area contributed by atoms with Crippen LogP contribution in [0.5, 0.6) is 0 Å². The van der Waals surface area contributed by atoms with E-state index >= 15 is 0 Å². The zero-order valence-electron chi connectivity index (χ0n) is 20.9. The molecule has 1 aromatic carbocycles. The number of unbranched alkanes of at least 4 members (excludes halogenated alkanes) is 1. The van der Waals surface area contributed by atoms with Gasteiger partial charge >= 0.3 is 0 Å². The van der Waals surface area contributed by atoms with E-state index in [0.717, 1.165) is 30.2 Å². The van der Waals surface area contributed by atoms with Crippen molar-refractivity contribution in [3.63, 3.8) is 0 Å². The summed E-state index contributed by atoms with van der Waals surface area (Å²) >= 11 is 6.27. The molecule has 0 saturated carbocycles. The lowest BCUT2D eigenvalue weighted by Crippen LogP contribution is -2.31. The number of hydrogen-bond donors (Lipinski definition) is 1. The molecule has 1 fully saturated rings. The minimum Gasteiger partial charge on any atom is -0.386 e. The van der Waals surface area contributed by atoms with Crippen LogP contribution >= 0.6 is 11.6 Å². The molecular weight excluding hydrogens is 478 g/mol. The summed E-state index contributed by atoms with van der Waals surface area (Å²) in [6.07, 6.45) is 4.77. The molecule has 1 aliphatic heterocycles. The van der Waals surface area contributed by atoms with Crippen molar-refractivity contribution in [2.24, 2.45) is 4.99 Å². The van der Waals surface area contributed by atoms with Gasteiger partial charge in [-0.15, -0.1) is 0 Å². The Morgan fingerprint density at radius 2 is 1.97 bits per heavy atom. The quantitative estimate of drug-likeness (QED) is 0.314. The zero-order chi connectivity index (χ0) is 26.2. The molecule has 35 heavy (non-hydrogen) atoms. The fraction of sp³-hybridized carbons (Fsp3) is 0.500. The highest BCUT2D eigenvalue weighted by Crippen LogP contribution is 2.34. The van der Waals surface area contributed by atoms with Crippen LogP contribution in [0.25, 0.3) is 11.7 Å². The summed E-state index contributed by atoms with van der Waals surface area (Å²) in [4.78, 5) is 4.24. The molecule has 0 spiro atoms. The molecule has 3 atom stereocenters. The molecule has 1 N–H and O–H groups in total. The van der Waals surface area contributed by atoms with Gasteiger partial charge in [-0.3, -0.25) is 0 Å². The Balaban J connectivity index is 0.000000540. The fourth-order valence-electron chi connectivity index (χ4n) is 3.36. The maximum atomic E-state index is 13.4. The number of ether oxygens (including phenoxy) is 3. The lowest BCUT2D eigenvalue weighted by Gasteiger charge is -2.20. The number of aromatic nitrogens is 1. The predicted octanol–water partition coefficient (Wildman–Crippen LogP) is 4.78. The SMILES string of the molecule is C=c1/c(=C(Cl)\N=C/CCC)ccn1C1CCC(C(O)c2ccc(F)c(F)c2)O1.COC(C)(C)OC. The second-order valence-corrected chi connectivity index (χ2v) is 8.97. The van der Waals surface area contributed by atoms with Crippen molar-refractivity contribution in [3.05, 3.63) is 58.2 Å². The van der Waals surface area contributed by atoms with Gasteiger partial charge in [0.15, 0.2) is 17.4 Å². The molecule has 0 amide bonds. The predicted molar refractivity (Wildman–Crippen MR) is 134 cm³/mol. The van der Waals surface area contributed by atoms with Crippen LogP contribution in [-0.2, 0) is 14.2 Å². The van der Waals surface area contributed by atoms with Crippen molar-refractivity contribution in [1.82, 2.24) is 4.57 Å². The van der Waals surface area contributed by atoms with Crippen LogP contribution in [0.2, 0.25) is 0 Å². The van der Waals surface area contributed by atoms with Crippen LogP contribution in [0.15, 0.2) is 35.5 Å². The standard InChI is InChI=1S/C21H23ClF2N2O2.C5H12O2/c1-3-4-10-25-21(22)15-9-11-26(13(15)2)19-8-7-18(28-19)20(27)14-5-6-16(23)17(24)12-14;1-5(2,6-3)7-4/h5-6,9-12,18-20,27H,2-4,7-8H2,1H3;1-4H3/b21-15-,25-10-;. The Morgan fingerprint density at radius 1 is 1.29 bits per heavy atom. The topological polar surface area (TPSA) is 65.2 Å². The molecule has 0 aliphatic carbocycles. The van der Waals surface area contributed by atoms with Gasteiger partial charge in [-0.25, -0.2) is 13.8 Å². The number of methoxy groups -OCH3 is 2. The van der Waals surface area contributed by atoms with E-state index in [-0.39, 0.29) is 11.8 Å². The lowest BCUT2D eigenvalue weighted by molar-refractivity contribution is -0.178. The van der Waals surface area contributed by atoms with E-state index < -0.39 is 29.6 Å². The van der Waals surface area contributed by atoms with Gasteiger partial charge in [-0.2, -0.15) is 0 Å². The van der Waals surface area contributed by atoms with E-state index in [1.54, 1.807) is 20.4 Å². The summed E-state index contributed by atoms with van der Waals surface area (Å²) in [5.74, 6) is -2.35. The second-order valence-electron chi connectivity index (χ2n) is 8.61. The van der Waals surface area contributed by atoms with Gasteiger partial charge in [0, 0.05) is 37.2 Å². The maximum Gasteiger partial charge on any atom is 0.161 e. The second kappa shape index (κ2) is 13.3. The smallest absolute Gasteiger partial charge is 0.161 e. The van der Waals surface area contributed by atoms with Gasteiger partial charge in [-0.05, 0) is 56.9 Å². The van der Waals surface area contributed by atoms with Crippen LogP contribution in [-0.4, -0.2) is 42.0 Å². The van der Waals surface area contributed by atoms with E-state index in [0.29, 0.717) is 23.3 Å². The van der Waals surface area contributed by atoms with Crippen LogP contribution in [0.4, 0.5) is 8.78 Å². The number of nitrogens with zero attached hydrogens (tertiary/aromatic N) is 2. The third-order valence-corrected chi connectivity index (χ3v) is 6.13. The summed E-state index contributed by atoms with van der Waals surface area (Å²) in [6.45, 7) is 9.84. The minimum absolute atomic E-state index is 0.286. The number of aliphatic hydroxyl groups is 1. The van der Waals surface area contributed by atoms with Crippen molar-refractivity contribution in [3.8, 4) is 0 Å². The van der Waals surface area contributed by atoms with Gasteiger partial charge in [0.2, 0.25) is 0 Å². The number of aliphatic hydroxyl groups excluding tert-OH is 1. The monoisotopic (exact) mass is 512 g/mol. The number of rotatable bonds is 8. The zero-order valence-corrected chi connectivity index (χ0v) is 21.7. The first-order chi connectivity index (χ1) is 16.5. The molecular formula is C26H35ClF2N2O4. The highest BCUT2D eigenvalue weighted by Gasteiger charge is 2.33. The Labute approximate surface area is 210 Å². The average molecular weight is 513 g/mol. The van der Waals surface area contributed by atoms with Gasteiger partial charge in [0.25, 0.3) is 0 Å². The van der Waals surface area contributed by atoms with E-state index in [1.165, 1.54) is 6.07 Å². The van der Waals surface area contributed by atoms with Crippen LogP contribution in [0.3, 0.4) is 0 Å². The van der Waals surface area contributed by atoms with Crippen molar-refractivity contribution >= 4 is 29.6 Å². The van der Waals surface area contributed by atoms with Crippen LogP contribution < -0.4 is 10.6 Å². The first kappa shape index (κ1) is 29.1. The molecule has 1 aliphatic rings. The molecule has 194 valence electrons. The number of hydrogen-bond acceptors (Lipinski definition) is 5. The lowest BCUT2D eigenvalue weighted by atomic mass is 10.0. The van der Waals surface area contributed by atoms with Gasteiger partial charge in [0.1, 0.15) is 17.5 Å². The van der Waals surface area contributed by atoms with Gasteiger partial charge in [-0.1, -0.05) is 37.6 Å². The van der Waals surface area contributed by atoms with E-state index in [9.17, 15) is 13.9 Å². The summed E-state index contributed by atoms with van der Waals surface area (Å²) in [5, 5.41) is 12.3. The Kier molecular flexibility index (Phi) is 11.0. The fourth-order valence-corrected chi connectivity index (χ4v) is 3.60. The van der Waals surface area contributed by atoms with Crippen molar-refractivity contribution in [1.29, 1.82) is 0 Å². The average Bonchev–Trinajstić information content (AvgIpc) is 3.47. The molecule has 3 unspecified atom stereocenters. The Bertz CT molecular complexity index is 1100. The molecule has 2 aromatic rings. The van der Waals surface area contributed by atoms with E-state index in [4.69, 9.17) is 25.8 Å². The van der Waals surface area contributed by atoms with Crippen molar-refractivity contribution in [2.45, 2.75) is 70.7 Å². The summed E-state index contributed by atoms with van der Waals surface area (Å²) < 4.78 is 44.1.